The van der Waals surface area contributed by atoms with Crippen LogP contribution in [0, 0.1) is 5.92 Å². The highest BCUT2D eigenvalue weighted by Gasteiger charge is 2.42. The van der Waals surface area contributed by atoms with Gasteiger partial charge in [-0.1, -0.05) is 139 Å². The Labute approximate surface area is 799 Å². The minimum atomic E-state index is -2.13. The van der Waals surface area contributed by atoms with Crippen LogP contribution in [-0.4, -0.2) is 309 Å². The Morgan fingerprint density at radius 3 is 1.51 bits per heavy atom. The van der Waals surface area contributed by atoms with Crippen molar-refractivity contribution in [3.63, 3.8) is 0 Å². The maximum absolute atomic E-state index is 15.5. The average Bonchev–Trinajstić information content (AvgIpc) is 1.72. The van der Waals surface area contributed by atoms with Gasteiger partial charge in [0.25, 0.3) is 0 Å². The van der Waals surface area contributed by atoms with Gasteiger partial charge in [-0.3, -0.25) is 101 Å². The third kappa shape index (κ3) is 40.0. The van der Waals surface area contributed by atoms with E-state index in [1.165, 1.54) is 81.1 Å². The Bertz CT molecular complexity index is 4980. The van der Waals surface area contributed by atoms with E-state index < -0.39 is 205 Å². The molecule has 137 heavy (non-hydrogen) atoms. The number of likely N-dealkylation sites (tertiary alicyclic amines) is 1. The minimum absolute atomic E-state index is 0.00264. The molecule has 2 fully saturated rings. The number of hydrogen-bond donors (Lipinski definition) is 21. The maximum atomic E-state index is 15.5. The highest BCUT2D eigenvalue weighted by molar-refractivity contribution is 8.76. The van der Waals surface area contributed by atoms with Crippen molar-refractivity contribution in [1.29, 1.82) is 0 Å². The predicted molar refractivity (Wildman–Crippen MR) is 503 cm³/mol. The summed E-state index contributed by atoms with van der Waals surface area (Å²) in [7, 11) is 1.43. The van der Waals surface area contributed by atoms with Gasteiger partial charge >= 0.3 is 11.9 Å². The number of benzene rings is 5. The number of aromatic hydroxyl groups is 2. The molecule has 0 aliphatic carbocycles. The van der Waals surface area contributed by atoms with Gasteiger partial charge in [0, 0.05) is 130 Å². The molecule has 5 aromatic carbocycles. The first-order valence-electron chi connectivity index (χ1n) is 44.6. The fourth-order valence-electron chi connectivity index (χ4n) is 14.6. The first-order valence-corrected chi connectivity index (χ1v) is 47.0. The van der Waals surface area contributed by atoms with Gasteiger partial charge in [-0.05, 0) is 95.3 Å². The quantitative estimate of drug-likeness (QED) is 0.0174. The van der Waals surface area contributed by atoms with E-state index in [0.717, 1.165) is 28.8 Å². The SMILES string of the molecule is CC(=O)NCCN(CCNC(C)=O)CC(=O)NCc1cccc(CNC(=O)[C@H](CC(=O)O)NC(=O)[C@H](Cc2ccc(-c3ccccc3)cc2)NC(=O)[C@@H]2CSSC[C@H](NC(=O)[C@@H]3CCCN3C(=O)C(CC(C)C)NC(=O)CN(CCNC(C)=O)CCNC(C)=O)C(=O)N[C@@H](CC(=O)O)C(=O)N[C@@H](Cc3ccc(O)cc3)C(=O)N[C@@H](Cc3ccc(O)cc3)C(=O)NCC(=O)N[C@@H](C(C)O)C(=O)N2)c1. The molecular weight excluding hydrogens is 1820 g/mol. The van der Waals surface area contributed by atoms with E-state index >= 15 is 19.2 Å². The third-order valence-electron chi connectivity index (χ3n) is 21.6. The van der Waals surface area contributed by atoms with E-state index in [1.54, 1.807) is 84.3 Å². The van der Waals surface area contributed by atoms with Crippen LogP contribution in [-0.2, 0) is 123 Å². The second-order valence-corrected chi connectivity index (χ2v) is 36.0. The molecule has 2 saturated heterocycles. The summed E-state index contributed by atoms with van der Waals surface area (Å²) in [4.78, 5) is 268. The molecule has 0 aromatic heterocycles. The monoisotopic (exact) mass is 1940 g/mol. The smallest absolute Gasteiger partial charge is 0.305 e. The molecule has 5 aromatic rings. The molecule has 7 rings (SSSR count). The molecule has 0 saturated carbocycles. The molecule has 11 atom stereocenters. The second kappa shape index (κ2) is 56.5. The number of carbonyl (C=O) groups is 19. The van der Waals surface area contributed by atoms with E-state index in [-0.39, 0.29) is 151 Å². The van der Waals surface area contributed by atoms with Gasteiger partial charge in [-0.2, -0.15) is 0 Å². The lowest BCUT2D eigenvalue weighted by Gasteiger charge is -2.31. The van der Waals surface area contributed by atoms with E-state index in [4.69, 9.17) is 0 Å². The second-order valence-electron chi connectivity index (χ2n) is 33.4. The molecular formula is C92H123N19O24S2. The molecule has 45 heteroatoms. The number of carbonyl (C=O) groups excluding carboxylic acids is 17. The van der Waals surface area contributed by atoms with Crippen molar-refractivity contribution in [1.82, 2.24) is 99.8 Å². The summed E-state index contributed by atoms with van der Waals surface area (Å²) in [6, 6.07) is 15.3. The number of carboxylic acids is 2. The highest BCUT2D eigenvalue weighted by Crippen LogP contribution is 2.27. The number of nitrogens with one attached hydrogen (secondary N) is 16. The van der Waals surface area contributed by atoms with Crippen LogP contribution in [0.4, 0.5) is 0 Å². The summed E-state index contributed by atoms with van der Waals surface area (Å²) >= 11 is 0. The van der Waals surface area contributed by atoms with Crippen LogP contribution < -0.4 is 85.1 Å². The minimum Gasteiger partial charge on any atom is -0.508 e. The van der Waals surface area contributed by atoms with Crippen LogP contribution in [0.25, 0.3) is 11.1 Å². The number of amides is 17. The van der Waals surface area contributed by atoms with Crippen LogP contribution >= 0.6 is 21.6 Å². The van der Waals surface area contributed by atoms with Crippen LogP contribution in [0.2, 0.25) is 0 Å². The number of aliphatic hydroxyl groups excluding tert-OH is 1. The fourth-order valence-corrected chi connectivity index (χ4v) is 16.9. The van der Waals surface area contributed by atoms with Crippen molar-refractivity contribution in [2.24, 2.45) is 5.92 Å². The van der Waals surface area contributed by atoms with E-state index in [2.05, 4.69) is 85.1 Å². The van der Waals surface area contributed by atoms with Crippen molar-refractivity contribution < 1.29 is 117 Å². The van der Waals surface area contributed by atoms with Crippen LogP contribution in [0.5, 0.6) is 11.5 Å². The predicted octanol–water partition coefficient (Wildman–Crippen LogP) is -2.88. The fraction of sp³-hybridized carbons (Fsp3) is 0.467. The molecule has 17 amide bonds. The Hall–Kier alpha value is -13.8. The zero-order chi connectivity index (χ0) is 100. The first kappa shape index (κ1) is 110. The molecule has 2 unspecified atom stereocenters. The van der Waals surface area contributed by atoms with Gasteiger partial charge in [0.2, 0.25) is 100 Å². The summed E-state index contributed by atoms with van der Waals surface area (Å²) in [6.07, 6.45) is -5.10. The Morgan fingerprint density at radius 1 is 0.482 bits per heavy atom. The Kier molecular flexibility index (Phi) is 45.5. The van der Waals surface area contributed by atoms with Crippen molar-refractivity contribution >= 4 is 134 Å². The van der Waals surface area contributed by atoms with Crippen molar-refractivity contribution in [3.8, 4) is 22.6 Å². The van der Waals surface area contributed by atoms with Gasteiger partial charge in [-0.25, -0.2) is 0 Å². The molecule has 2 heterocycles. The highest BCUT2D eigenvalue weighted by atomic mass is 33.1. The summed E-state index contributed by atoms with van der Waals surface area (Å²) in [5.74, 6) is -19.6. The Balaban J connectivity index is 1.25. The van der Waals surface area contributed by atoms with Crippen LogP contribution in [0.15, 0.2) is 127 Å². The topological polar surface area (TPSA) is 628 Å². The molecule has 742 valence electrons. The van der Waals surface area contributed by atoms with E-state index in [0.29, 0.717) is 33.0 Å². The third-order valence-corrected chi connectivity index (χ3v) is 24.0. The van der Waals surface area contributed by atoms with E-state index in [9.17, 15) is 97.5 Å². The number of phenols is 2. The number of aliphatic carboxylic acids is 2. The van der Waals surface area contributed by atoms with Crippen LogP contribution in [0.1, 0.15) is 108 Å². The lowest BCUT2D eigenvalue weighted by atomic mass is 9.99. The van der Waals surface area contributed by atoms with Gasteiger partial charge in [-0.15, -0.1) is 0 Å². The lowest BCUT2D eigenvalue weighted by Crippen LogP contribution is -2.61. The maximum Gasteiger partial charge on any atom is 0.305 e. The average molecular weight is 1940 g/mol. The summed E-state index contributed by atoms with van der Waals surface area (Å²) in [5, 5.41) is 93.8. The largest absolute Gasteiger partial charge is 0.508 e. The summed E-state index contributed by atoms with van der Waals surface area (Å²) in [6.45, 7) is 9.85. The number of nitrogens with zero attached hydrogens (tertiary/aromatic N) is 3. The molecule has 0 spiro atoms. The molecule has 2 aliphatic heterocycles. The van der Waals surface area contributed by atoms with Gasteiger partial charge < -0.3 is 116 Å². The summed E-state index contributed by atoms with van der Waals surface area (Å²) < 4.78 is 0. The van der Waals surface area contributed by atoms with Crippen molar-refractivity contribution in [2.75, 3.05) is 90.0 Å². The van der Waals surface area contributed by atoms with Gasteiger partial charge in [0.1, 0.15) is 71.9 Å². The summed E-state index contributed by atoms with van der Waals surface area (Å²) in [5.41, 5.74) is 3.48. The van der Waals surface area contributed by atoms with Crippen LogP contribution in [0.3, 0.4) is 0 Å². The number of aliphatic hydroxyl groups is 1. The Morgan fingerprint density at radius 2 is 0.985 bits per heavy atom. The number of hydrogen-bond acceptors (Lipinski definition) is 26. The first-order chi connectivity index (χ1) is 65.1. The normalized spacial score (nSPS) is 18.4. The standard InChI is InChI=1S/C92H123N19O24S2/c1-53(2)39-73(100-79(121)50-110(37-32-95-57(6)115)38-33-96-58(7)116)92(135)111-34-12-17-76(111)90(133)106-74-51-136-137-52-75(107-91(134)82(54(3)112)108-77(119)48-99-83(126)68(41-60-20-26-66(117)27-21-60)101-85(128)69(43-61-22-28-67(118)29-23-61)102-87(130)72(45-81(124)125)105-88(74)131)89(132)103-70(42-59-18-24-65(25-19-59)64-15-9-8-10-16-64)86(129)104-71(44-80(122)123)84(127)98-47-63-14-11-13-62(40-63)46-97-78(120)49-109(35-30-93-55(4)113)36-31-94-56(5)114/h8-11,13-16,18-29,40,53-54,68-76,82,112,117-118H,12,17,30-39,41-52H2,1-7H3,(H,93,113)(H,94,114)(H,95,115)(H,96,116)(H,97,120)(H,98,127)(H,99,126)(H,100,121)(H,101,128)(H,102,130)(H,103,132)(H,104,129)(H,105,131)(H,106,133)(H,107,134)(H,108,119)(H,122,123)(H,124,125)/t54?,68-,69-,70-,71-,72-,73?,74-,75-,76-,82-/m0/s1. The number of carboxylic acid groups (broad SMARTS) is 2. The molecule has 0 radical (unpaired) electrons. The molecule has 21 N–H and O–H groups in total. The molecule has 43 nitrogen and oxygen atoms in total. The molecule has 2 aliphatic rings. The number of rotatable bonds is 43. The number of phenolic OH excluding ortho intramolecular Hbond substituents is 2. The zero-order valence-corrected chi connectivity index (χ0v) is 78.8. The van der Waals surface area contributed by atoms with Gasteiger partial charge in [0.15, 0.2) is 0 Å². The van der Waals surface area contributed by atoms with E-state index in [1.807, 2.05) is 18.2 Å². The van der Waals surface area contributed by atoms with Gasteiger partial charge in [0.05, 0.1) is 38.6 Å². The van der Waals surface area contributed by atoms with Crippen molar-refractivity contribution in [2.45, 2.75) is 179 Å². The zero-order valence-electron chi connectivity index (χ0n) is 77.2. The lowest BCUT2D eigenvalue weighted by molar-refractivity contribution is -0.143. The molecule has 0 bridgehead atoms. The van der Waals surface area contributed by atoms with Crippen molar-refractivity contribution in [3.05, 3.63) is 155 Å².